The van der Waals surface area contributed by atoms with E-state index in [1.54, 1.807) is 0 Å². The molecular formula is C12H23N5. The van der Waals surface area contributed by atoms with Gasteiger partial charge >= 0.3 is 0 Å². The maximum Gasteiger partial charge on any atom is 0.239 e. The van der Waals surface area contributed by atoms with Crippen molar-refractivity contribution in [1.82, 2.24) is 9.97 Å². The Morgan fingerprint density at radius 3 is 2.41 bits per heavy atom. The summed E-state index contributed by atoms with van der Waals surface area (Å²) in [7, 11) is 2.04. The SMILES string of the molecule is Cc1cc(N(C)C(C)C(C)(C)C)nc(NN)n1. The fourth-order valence-corrected chi connectivity index (χ4v) is 1.58. The summed E-state index contributed by atoms with van der Waals surface area (Å²) in [5, 5.41) is 0. The van der Waals surface area contributed by atoms with Gasteiger partial charge in [-0.2, -0.15) is 4.98 Å². The Hall–Kier alpha value is -1.36. The molecule has 0 saturated carbocycles. The quantitative estimate of drug-likeness (QED) is 0.621. The second-order valence-electron chi connectivity index (χ2n) is 5.49. The first kappa shape index (κ1) is 13.7. The average molecular weight is 237 g/mol. The first-order valence-corrected chi connectivity index (χ1v) is 5.81. The van der Waals surface area contributed by atoms with Gasteiger partial charge in [-0.1, -0.05) is 20.8 Å². The van der Waals surface area contributed by atoms with Gasteiger partial charge in [0.2, 0.25) is 5.95 Å². The minimum Gasteiger partial charge on any atom is -0.356 e. The van der Waals surface area contributed by atoms with Crippen LogP contribution in [0.3, 0.4) is 0 Å². The van der Waals surface area contributed by atoms with Crippen molar-refractivity contribution >= 4 is 11.8 Å². The number of hydrogen-bond donors (Lipinski definition) is 2. The molecule has 0 bridgehead atoms. The van der Waals surface area contributed by atoms with Crippen molar-refractivity contribution in [2.75, 3.05) is 17.4 Å². The van der Waals surface area contributed by atoms with Crippen LogP contribution in [0, 0.1) is 12.3 Å². The molecule has 1 heterocycles. The van der Waals surface area contributed by atoms with Crippen molar-refractivity contribution in [3.8, 4) is 0 Å². The molecular weight excluding hydrogens is 214 g/mol. The van der Waals surface area contributed by atoms with E-state index in [1.165, 1.54) is 0 Å². The molecule has 96 valence electrons. The number of nitrogens with one attached hydrogen (secondary N) is 1. The van der Waals surface area contributed by atoms with E-state index in [1.807, 2.05) is 20.0 Å². The number of rotatable bonds is 3. The molecule has 0 aliphatic heterocycles. The molecule has 1 unspecified atom stereocenters. The maximum absolute atomic E-state index is 5.36. The first-order valence-electron chi connectivity index (χ1n) is 5.81. The number of nitrogens with zero attached hydrogens (tertiary/aromatic N) is 3. The number of hydrogen-bond acceptors (Lipinski definition) is 5. The van der Waals surface area contributed by atoms with Crippen LogP contribution < -0.4 is 16.2 Å². The Morgan fingerprint density at radius 2 is 1.94 bits per heavy atom. The highest BCUT2D eigenvalue weighted by Crippen LogP contribution is 2.26. The fraction of sp³-hybridized carbons (Fsp3) is 0.667. The first-order chi connectivity index (χ1) is 7.75. The van der Waals surface area contributed by atoms with Crippen LogP contribution in [0.15, 0.2) is 6.07 Å². The summed E-state index contributed by atoms with van der Waals surface area (Å²) in [6.07, 6.45) is 0. The van der Waals surface area contributed by atoms with E-state index in [4.69, 9.17) is 5.84 Å². The zero-order chi connectivity index (χ0) is 13.2. The van der Waals surface area contributed by atoms with Crippen LogP contribution in [0.25, 0.3) is 0 Å². The predicted molar refractivity (Wildman–Crippen MR) is 71.9 cm³/mol. The lowest BCUT2D eigenvalue weighted by molar-refractivity contribution is 0.328. The van der Waals surface area contributed by atoms with Crippen LogP contribution >= 0.6 is 0 Å². The number of aromatic nitrogens is 2. The zero-order valence-electron chi connectivity index (χ0n) is 11.6. The lowest BCUT2D eigenvalue weighted by Gasteiger charge is -2.36. The molecule has 3 N–H and O–H groups in total. The molecule has 5 heteroatoms. The summed E-state index contributed by atoms with van der Waals surface area (Å²) in [5.41, 5.74) is 3.58. The topological polar surface area (TPSA) is 67.1 Å². The van der Waals surface area contributed by atoms with Crippen LogP contribution in [0.5, 0.6) is 0 Å². The molecule has 0 amide bonds. The molecule has 0 radical (unpaired) electrons. The van der Waals surface area contributed by atoms with Crippen molar-refractivity contribution in [2.24, 2.45) is 11.3 Å². The van der Waals surface area contributed by atoms with Crippen molar-refractivity contribution in [2.45, 2.75) is 40.7 Å². The highest BCUT2D eigenvalue weighted by molar-refractivity contribution is 5.44. The van der Waals surface area contributed by atoms with Gasteiger partial charge in [-0.3, -0.25) is 5.43 Å². The minimum atomic E-state index is 0.184. The molecule has 17 heavy (non-hydrogen) atoms. The van der Waals surface area contributed by atoms with Crippen LogP contribution in [0.2, 0.25) is 0 Å². The molecule has 1 rings (SSSR count). The molecule has 1 atom stereocenters. The van der Waals surface area contributed by atoms with Gasteiger partial charge in [-0.05, 0) is 19.3 Å². The van der Waals surface area contributed by atoms with E-state index in [0.29, 0.717) is 12.0 Å². The standard InChI is InChI=1S/C12H23N5/c1-8-7-10(15-11(14-8)16-13)17(6)9(2)12(3,4)5/h7,9H,13H2,1-6H3,(H,14,15,16). The van der Waals surface area contributed by atoms with Gasteiger partial charge in [0.25, 0.3) is 0 Å². The monoisotopic (exact) mass is 237 g/mol. The van der Waals surface area contributed by atoms with Gasteiger partial charge in [0.1, 0.15) is 5.82 Å². The summed E-state index contributed by atoms with van der Waals surface area (Å²) in [6, 6.07) is 2.32. The molecule has 0 aliphatic rings. The van der Waals surface area contributed by atoms with Crippen LogP contribution in [0.1, 0.15) is 33.4 Å². The lowest BCUT2D eigenvalue weighted by atomic mass is 9.87. The average Bonchev–Trinajstić information content (AvgIpc) is 2.24. The Balaban J connectivity index is 3.03. The Morgan fingerprint density at radius 1 is 1.35 bits per heavy atom. The second kappa shape index (κ2) is 4.87. The van der Waals surface area contributed by atoms with Gasteiger partial charge in [0.15, 0.2) is 0 Å². The third kappa shape index (κ3) is 3.30. The number of hydrazine groups is 1. The van der Waals surface area contributed by atoms with E-state index < -0.39 is 0 Å². The molecule has 0 spiro atoms. The van der Waals surface area contributed by atoms with Gasteiger partial charge in [0, 0.05) is 24.8 Å². The molecule has 1 aromatic heterocycles. The van der Waals surface area contributed by atoms with Crippen molar-refractivity contribution in [3.05, 3.63) is 11.8 Å². The van der Waals surface area contributed by atoms with Crippen LogP contribution in [-0.4, -0.2) is 23.1 Å². The zero-order valence-corrected chi connectivity index (χ0v) is 11.6. The molecule has 0 aromatic carbocycles. The smallest absolute Gasteiger partial charge is 0.239 e. The van der Waals surface area contributed by atoms with E-state index >= 15 is 0 Å². The Labute approximate surface area is 103 Å². The lowest BCUT2D eigenvalue weighted by Crippen LogP contribution is -2.40. The van der Waals surface area contributed by atoms with Gasteiger partial charge in [-0.15, -0.1) is 0 Å². The van der Waals surface area contributed by atoms with E-state index in [2.05, 4.69) is 48.0 Å². The highest BCUT2D eigenvalue weighted by atomic mass is 15.3. The van der Waals surface area contributed by atoms with E-state index in [9.17, 15) is 0 Å². The highest BCUT2D eigenvalue weighted by Gasteiger charge is 2.25. The van der Waals surface area contributed by atoms with Crippen LogP contribution in [0.4, 0.5) is 11.8 Å². The van der Waals surface area contributed by atoms with Crippen molar-refractivity contribution in [1.29, 1.82) is 0 Å². The van der Waals surface area contributed by atoms with Gasteiger partial charge in [-0.25, -0.2) is 10.8 Å². The molecule has 0 saturated heterocycles. The van der Waals surface area contributed by atoms with Gasteiger partial charge in [0.05, 0.1) is 0 Å². The third-order valence-corrected chi connectivity index (χ3v) is 3.17. The van der Waals surface area contributed by atoms with E-state index in [-0.39, 0.29) is 5.41 Å². The summed E-state index contributed by atoms with van der Waals surface area (Å²) >= 11 is 0. The fourth-order valence-electron chi connectivity index (χ4n) is 1.58. The van der Waals surface area contributed by atoms with E-state index in [0.717, 1.165) is 11.5 Å². The number of nitrogen functional groups attached to an aromatic ring is 1. The number of anilines is 2. The second-order valence-corrected chi connectivity index (χ2v) is 5.49. The molecule has 0 fully saturated rings. The number of nitrogens with two attached hydrogens (primary N) is 1. The third-order valence-electron chi connectivity index (χ3n) is 3.17. The maximum atomic E-state index is 5.36. The van der Waals surface area contributed by atoms with Crippen LogP contribution in [-0.2, 0) is 0 Å². The van der Waals surface area contributed by atoms with Crippen molar-refractivity contribution in [3.63, 3.8) is 0 Å². The largest absolute Gasteiger partial charge is 0.356 e. The molecule has 5 nitrogen and oxygen atoms in total. The minimum absolute atomic E-state index is 0.184. The summed E-state index contributed by atoms with van der Waals surface area (Å²) in [5.74, 6) is 6.69. The summed E-state index contributed by atoms with van der Waals surface area (Å²) in [4.78, 5) is 10.7. The summed E-state index contributed by atoms with van der Waals surface area (Å²) in [6.45, 7) is 10.8. The Kier molecular flexibility index (Phi) is 3.93. The molecule has 0 aliphatic carbocycles. The van der Waals surface area contributed by atoms with Crippen molar-refractivity contribution < 1.29 is 0 Å². The molecule has 1 aromatic rings. The normalized spacial score (nSPS) is 13.4. The number of aryl methyl sites for hydroxylation is 1. The summed E-state index contributed by atoms with van der Waals surface area (Å²) < 4.78 is 0. The predicted octanol–water partition coefficient (Wildman–Crippen LogP) is 1.94. The Bertz CT molecular complexity index is 383. The van der Waals surface area contributed by atoms with Gasteiger partial charge < -0.3 is 4.90 Å².